The third-order valence-electron chi connectivity index (χ3n) is 6.39. The third kappa shape index (κ3) is 9.34. The average molecular weight is 594 g/mol. The van der Waals surface area contributed by atoms with Crippen LogP contribution in [0, 0.1) is 0 Å². The Morgan fingerprint density at radius 2 is 1.42 bits per heavy atom. The van der Waals surface area contributed by atoms with Gasteiger partial charge >= 0.3 is 0 Å². The largest absolute Gasteiger partial charge is 0.493 e. The van der Waals surface area contributed by atoms with E-state index < -0.39 is 11.8 Å². The molecular weight excluding hydrogens is 558 g/mol. The molecule has 0 unspecified atom stereocenters. The number of benzene rings is 4. The molecule has 0 heterocycles. The summed E-state index contributed by atoms with van der Waals surface area (Å²) in [4.78, 5) is 39.7. The molecule has 0 aliphatic carbocycles. The van der Waals surface area contributed by atoms with Crippen molar-refractivity contribution in [2.75, 3.05) is 23.0 Å². The van der Waals surface area contributed by atoms with Crippen LogP contribution in [0.15, 0.2) is 114 Å². The zero-order valence-corrected chi connectivity index (χ0v) is 25.2. The summed E-state index contributed by atoms with van der Waals surface area (Å²) in [5.74, 6) is 0.282. The van der Waals surface area contributed by atoms with Crippen molar-refractivity contribution < 1.29 is 19.1 Å². The van der Waals surface area contributed by atoms with Crippen molar-refractivity contribution >= 4 is 46.9 Å². The lowest BCUT2D eigenvalue weighted by Crippen LogP contribution is -2.30. The van der Waals surface area contributed by atoms with Gasteiger partial charge in [0.2, 0.25) is 5.91 Å². The summed E-state index contributed by atoms with van der Waals surface area (Å²) in [7, 11) is 0. The molecule has 43 heavy (non-hydrogen) atoms. The van der Waals surface area contributed by atoms with E-state index in [2.05, 4.69) is 29.8 Å². The fourth-order valence-electron chi connectivity index (χ4n) is 4.11. The summed E-state index contributed by atoms with van der Waals surface area (Å²) in [6.07, 6.45) is 1.60. The first-order valence-corrected chi connectivity index (χ1v) is 15.0. The zero-order chi connectivity index (χ0) is 30.6. The quantitative estimate of drug-likeness (QED) is 0.118. The molecule has 0 atom stereocenters. The molecule has 3 N–H and O–H groups in total. The highest BCUT2D eigenvalue weighted by molar-refractivity contribution is 8.00. The second-order valence-corrected chi connectivity index (χ2v) is 11.0. The summed E-state index contributed by atoms with van der Waals surface area (Å²) < 4.78 is 5.71. The molecule has 7 nitrogen and oxygen atoms in total. The van der Waals surface area contributed by atoms with E-state index in [1.165, 1.54) is 17.3 Å². The van der Waals surface area contributed by atoms with Crippen LogP contribution in [0.1, 0.15) is 48.2 Å². The molecular formula is C35H35N3O4S. The highest BCUT2D eigenvalue weighted by atomic mass is 32.2. The monoisotopic (exact) mass is 593 g/mol. The van der Waals surface area contributed by atoms with Gasteiger partial charge in [-0.05, 0) is 79.1 Å². The van der Waals surface area contributed by atoms with Crippen molar-refractivity contribution in [3.8, 4) is 5.75 Å². The van der Waals surface area contributed by atoms with E-state index in [0.717, 1.165) is 10.6 Å². The van der Waals surface area contributed by atoms with Crippen LogP contribution >= 0.6 is 11.8 Å². The van der Waals surface area contributed by atoms with E-state index in [4.69, 9.17) is 4.74 Å². The van der Waals surface area contributed by atoms with Crippen molar-refractivity contribution in [3.05, 3.63) is 126 Å². The number of hydrogen-bond donors (Lipinski definition) is 3. The average Bonchev–Trinajstić information content (AvgIpc) is 3.02. The molecule has 220 valence electrons. The molecule has 0 fully saturated rings. The molecule has 0 aromatic heterocycles. The van der Waals surface area contributed by atoms with Crippen LogP contribution in [0.4, 0.5) is 11.4 Å². The number of ether oxygens (including phenoxy) is 1. The fraction of sp³-hybridized carbons (Fsp3) is 0.171. The van der Waals surface area contributed by atoms with Crippen LogP contribution < -0.4 is 20.7 Å². The molecule has 4 rings (SSSR count). The standard InChI is InChI=1S/C35H35N3O4S/c1-4-42-32-13-9-8-12-27(32)22-31(38-34(40)26-10-6-5-7-11-26)35(41)37-29-18-20-30(21-19-29)43-23-33(39)36-28-16-14-25(15-17-28)24(2)3/h5-22,24H,4,23H2,1-3H3,(H,36,39)(H,37,41)(H,38,40)/b31-22-. The van der Waals surface area contributed by atoms with Gasteiger partial charge in [0.15, 0.2) is 0 Å². The van der Waals surface area contributed by atoms with Gasteiger partial charge in [-0.1, -0.05) is 62.4 Å². The molecule has 4 aromatic rings. The smallest absolute Gasteiger partial charge is 0.272 e. The first-order chi connectivity index (χ1) is 20.8. The normalized spacial score (nSPS) is 11.1. The minimum atomic E-state index is -0.487. The minimum absolute atomic E-state index is 0.0672. The van der Waals surface area contributed by atoms with Gasteiger partial charge in [0.1, 0.15) is 11.4 Å². The Kier molecular flexibility index (Phi) is 11.2. The number of anilines is 2. The van der Waals surface area contributed by atoms with Crippen LogP contribution in [0.3, 0.4) is 0 Å². The Labute approximate surface area is 256 Å². The Bertz CT molecular complexity index is 1570. The Balaban J connectivity index is 1.41. The molecule has 0 radical (unpaired) electrons. The topological polar surface area (TPSA) is 96.5 Å². The van der Waals surface area contributed by atoms with Crippen molar-refractivity contribution in [1.82, 2.24) is 5.32 Å². The molecule has 0 spiro atoms. The lowest BCUT2D eigenvalue weighted by Gasteiger charge is -2.13. The predicted molar refractivity (Wildman–Crippen MR) is 174 cm³/mol. The Hall–Kier alpha value is -4.82. The number of hydrogen-bond acceptors (Lipinski definition) is 5. The van der Waals surface area contributed by atoms with E-state index >= 15 is 0 Å². The van der Waals surface area contributed by atoms with E-state index in [0.29, 0.717) is 35.1 Å². The maximum atomic E-state index is 13.4. The number of carbonyl (C=O) groups excluding carboxylic acids is 3. The van der Waals surface area contributed by atoms with Gasteiger partial charge < -0.3 is 20.7 Å². The molecule has 0 aliphatic rings. The Morgan fingerprint density at radius 3 is 2.09 bits per heavy atom. The van der Waals surface area contributed by atoms with Crippen LogP contribution in [0.25, 0.3) is 6.08 Å². The molecule has 0 aliphatic heterocycles. The summed E-state index contributed by atoms with van der Waals surface area (Å²) in [6.45, 7) is 6.60. The van der Waals surface area contributed by atoms with Crippen molar-refractivity contribution in [3.63, 3.8) is 0 Å². The third-order valence-corrected chi connectivity index (χ3v) is 7.40. The van der Waals surface area contributed by atoms with Gasteiger partial charge in [-0.15, -0.1) is 11.8 Å². The zero-order valence-electron chi connectivity index (χ0n) is 24.4. The van der Waals surface area contributed by atoms with Crippen LogP contribution in [-0.4, -0.2) is 30.1 Å². The summed E-state index contributed by atoms with van der Waals surface area (Å²) >= 11 is 1.40. The number of para-hydroxylation sites is 1. The minimum Gasteiger partial charge on any atom is -0.493 e. The maximum absolute atomic E-state index is 13.4. The second-order valence-electron chi connectivity index (χ2n) is 9.94. The lowest BCUT2D eigenvalue weighted by molar-refractivity contribution is -0.114. The molecule has 4 aromatic carbocycles. The van der Waals surface area contributed by atoms with Crippen LogP contribution in [0.5, 0.6) is 5.75 Å². The van der Waals surface area contributed by atoms with Crippen molar-refractivity contribution in [1.29, 1.82) is 0 Å². The maximum Gasteiger partial charge on any atom is 0.272 e. The summed E-state index contributed by atoms with van der Waals surface area (Å²) in [6, 6.07) is 31.0. The number of nitrogens with one attached hydrogen (secondary N) is 3. The van der Waals surface area contributed by atoms with Gasteiger partial charge in [-0.2, -0.15) is 0 Å². The number of thioether (sulfide) groups is 1. The number of carbonyl (C=O) groups is 3. The van der Waals surface area contributed by atoms with Gasteiger partial charge in [0, 0.05) is 27.4 Å². The summed E-state index contributed by atoms with van der Waals surface area (Å²) in [5.41, 5.74) is 3.68. The number of rotatable bonds is 12. The molecule has 0 saturated carbocycles. The second kappa shape index (κ2) is 15.4. The van der Waals surface area contributed by atoms with Gasteiger partial charge in [-0.25, -0.2) is 0 Å². The Morgan fingerprint density at radius 1 is 0.791 bits per heavy atom. The van der Waals surface area contributed by atoms with E-state index in [-0.39, 0.29) is 17.4 Å². The van der Waals surface area contributed by atoms with Gasteiger partial charge in [0.05, 0.1) is 12.4 Å². The van der Waals surface area contributed by atoms with Crippen LogP contribution in [0.2, 0.25) is 0 Å². The highest BCUT2D eigenvalue weighted by Crippen LogP contribution is 2.24. The molecule has 0 bridgehead atoms. The number of amides is 3. The van der Waals surface area contributed by atoms with E-state index in [1.54, 1.807) is 42.5 Å². The first kappa shape index (κ1) is 31.1. The first-order valence-electron chi connectivity index (χ1n) is 14.1. The highest BCUT2D eigenvalue weighted by Gasteiger charge is 2.16. The summed E-state index contributed by atoms with van der Waals surface area (Å²) in [5, 5.41) is 8.53. The molecule has 8 heteroatoms. The predicted octanol–water partition coefficient (Wildman–Crippen LogP) is 7.35. The lowest BCUT2D eigenvalue weighted by atomic mass is 10.0. The molecule has 3 amide bonds. The van der Waals surface area contributed by atoms with Gasteiger partial charge in [0.25, 0.3) is 11.8 Å². The van der Waals surface area contributed by atoms with E-state index in [1.807, 2.05) is 73.7 Å². The van der Waals surface area contributed by atoms with Crippen molar-refractivity contribution in [2.45, 2.75) is 31.6 Å². The van der Waals surface area contributed by atoms with Crippen LogP contribution in [-0.2, 0) is 9.59 Å². The SMILES string of the molecule is CCOc1ccccc1/C=C(\NC(=O)c1ccccc1)C(=O)Nc1ccc(SCC(=O)Nc2ccc(C(C)C)cc2)cc1. The molecule has 0 saturated heterocycles. The van der Waals surface area contributed by atoms with Crippen molar-refractivity contribution in [2.24, 2.45) is 0 Å². The van der Waals surface area contributed by atoms with E-state index in [9.17, 15) is 14.4 Å². The van der Waals surface area contributed by atoms with Gasteiger partial charge in [-0.3, -0.25) is 14.4 Å². The fourth-order valence-corrected chi connectivity index (χ4v) is 4.81.